The summed E-state index contributed by atoms with van der Waals surface area (Å²) in [6, 6.07) is 6.21. The monoisotopic (exact) mass is 253 g/mol. The summed E-state index contributed by atoms with van der Waals surface area (Å²) in [5.41, 5.74) is 7.34. The Bertz CT molecular complexity index is 395. The van der Waals surface area contributed by atoms with E-state index in [1.807, 2.05) is 23.9 Å². The summed E-state index contributed by atoms with van der Waals surface area (Å²) in [7, 11) is 0. The molecule has 2 aromatic heterocycles. The summed E-state index contributed by atoms with van der Waals surface area (Å²) >= 11 is 3.55. The van der Waals surface area contributed by atoms with Gasteiger partial charge in [0, 0.05) is 11.3 Å². The first-order chi connectivity index (χ1) is 7.77. The van der Waals surface area contributed by atoms with Crippen molar-refractivity contribution in [3.8, 4) is 0 Å². The van der Waals surface area contributed by atoms with E-state index in [0.29, 0.717) is 5.25 Å². The fourth-order valence-corrected chi connectivity index (χ4v) is 3.49. The van der Waals surface area contributed by atoms with Gasteiger partial charge in [0.05, 0.1) is 12.0 Å². The first-order valence-corrected chi connectivity index (χ1v) is 7.18. The van der Waals surface area contributed by atoms with E-state index in [1.165, 1.54) is 5.56 Å². The van der Waals surface area contributed by atoms with Crippen LogP contribution in [-0.2, 0) is 5.75 Å². The van der Waals surface area contributed by atoms with Crippen molar-refractivity contribution in [2.24, 2.45) is 5.73 Å². The topological polar surface area (TPSA) is 39.2 Å². The third kappa shape index (κ3) is 2.90. The van der Waals surface area contributed by atoms with Crippen LogP contribution in [0.25, 0.3) is 0 Å². The van der Waals surface area contributed by atoms with Crippen LogP contribution in [-0.4, -0.2) is 6.04 Å². The Hall–Kier alpha value is -0.710. The molecule has 16 heavy (non-hydrogen) atoms. The molecule has 4 heteroatoms. The molecule has 0 radical (unpaired) electrons. The van der Waals surface area contributed by atoms with E-state index in [4.69, 9.17) is 10.2 Å². The molecule has 0 aromatic carbocycles. The van der Waals surface area contributed by atoms with E-state index in [1.54, 1.807) is 17.6 Å². The van der Waals surface area contributed by atoms with Gasteiger partial charge in [0.25, 0.3) is 0 Å². The van der Waals surface area contributed by atoms with Gasteiger partial charge in [-0.3, -0.25) is 0 Å². The smallest absolute Gasteiger partial charge is 0.113 e. The highest BCUT2D eigenvalue weighted by atomic mass is 32.2. The lowest BCUT2D eigenvalue weighted by molar-refractivity contribution is 0.530. The zero-order valence-corrected chi connectivity index (χ0v) is 10.8. The Balaban J connectivity index is 1.99. The van der Waals surface area contributed by atoms with Gasteiger partial charge < -0.3 is 10.2 Å². The van der Waals surface area contributed by atoms with Crippen LogP contribution in [0.2, 0.25) is 0 Å². The third-order valence-electron chi connectivity index (χ3n) is 2.33. The molecule has 0 aliphatic rings. The molecule has 0 aliphatic carbocycles. The van der Waals surface area contributed by atoms with E-state index < -0.39 is 0 Å². The van der Waals surface area contributed by atoms with Gasteiger partial charge in [-0.25, -0.2) is 0 Å². The number of rotatable bonds is 5. The molecule has 86 valence electrons. The Morgan fingerprint density at radius 1 is 1.50 bits per heavy atom. The van der Waals surface area contributed by atoms with Gasteiger partial charge in [-0.2, -0.15) is 11.3 Å². The lowest BCUT2D eigenvalue weighted by Crippen LogP contribution is -2.22. The van der Waals surface area contributed by atoms with Gasteiger partial charge >= 0.3 is 0 Å². The van der Waals surface area contributed by atoms with Crippen molar-refractivity contribution < 1.29 is 4.42 Å². The molecule has 2 unspecified atom stereocenters. The van der Waals surface area contributed by atoms with Crippen molar-refractivity contribution >= 4 is 23.1 Å². The van der Waals surface area contributed by atoms with Crippen LogP contribution in [0.1, 0.15) is 23.5 Å². The van der Waals surface area contributed by atoms with Crippen molar-refractivity contribution in [3.63, 3.8) is 0 Å². The Morgan fingerprint density at radius 3 is 2.94 bits per heavy atom. The molecule has 0 fully saturated rings. The van der Waals surface area contributed by atoms with Gasteiger partial charge in [-0.1, -0.05) is 0 Å². The summed E-state index contributed by atoms with van der Waals surface area (Å²) in [5.74, 6) is 1.88. The molecule has 0 saturated carbocycles. The van der Waals surface area contributed by atoms with Crippen LogP contribution in [0.3, 0.4) is 0 Å². The predicted octanol–water partition coefficient (Wildman–Crippen LogP) is 3.66. The molecule has 2 nitrogen and oxygen atoms in total. The van der Waals surface area contributed by atoms with Gasteiger partial charge in [0.15, 0.2) is 0 Å². The summed E-state index contributed by atoms with van der Waals surface area (Å²) in [4.78, 5) is 0. The van der Waals surface area contributed by atoms with Crippen LogP contribution < -0.4 is 5.73 Å². The minimum Gasteiger partial charge on any atom is -0.468 e. The van der Waals surface area contributed by atoms with Gasteiger partial charge in [-0.15, -0.1) is 11.8 Å². The molecule has 2 rings (SSSR count). The molecule has 2 aromatic rings. The van der Waals surface area contributed by atoms with Gasteiger partial charge in [0.2, 0.25) is 0 Å². The second-order valence-corrected chi connectivity index (χ2v) is 5.64. The van der Waals surface area contributed by atoms with Crippen molar-refractivity contribution in [1.82, 2.24) is 0 Å². The van der Waals surface area contributed by atoms with E-state index in [2.05, 4.69) is 23.8 Å². The second kappa shape index (κ2) is 5.57. The van der Waals surface area contributed by atoms with Crippen molar-refractivity contribution in [2.45, 2.75) is 24.0 Å². The lowest BCUT2D eigenvalue weighted by atomic mass is 10.1. The fourth-order valence-electron chi connectivity index (χ4n) is 1.56. The first kappa shape index (κ1) is 11.8. The average Bonchev–Trinajstić information content (AvgIpc) is 2.88. The third-order valence-corrected chi connectivity index (χ3v) is 4.55. The van der Waals surface area contributed by atoms with Crippen LogP contribution >= 0.6 is 23.1 Å². The summed E-state index contributed by atoms with van der Waals surface area (Å²) in [6.07, 6.45) is 1.71. The normalized spacial score (nSPS) is 14.9. The number of thiophene rings is 1. The van der Waals surface area contributed by atoms with E-state index in [0.717, 1.165) is 11.5 Å². The molecule has 2 atom stereocenters. The molecule has 0 aliphatic heterocycles. The SMILES string of the molecule is CC(N)C(SCc1ccco1)c1ccsc1. The number of hydrogen-bond acceptors (Lipinski definition) is 4. The lowest BCUT2D eigenvalue weighted by Gasteiger charge is -2.18. The summed E-state index contributed by atoms with van der Waals surface area (Å²) in [5, 5.41) is 4.61. The molecular formula is C12H15NOS2. The van der Waals surface area contributed by atoms with E-state index in [9.17, 15) is 0 Å². The van der Waals surface area contributed by atoms with Crippen LogP contribution in [0.15, 0.2) is 39.6 Å². The Labute approximate surface area is 104 Å². The van der Waals surface area contributed by atoms with E-state index in [-0.39, 0.29) is 6.04 Å². The minimum atomic E-state index is 0.148. The average molecular weight is 253 g/mol. The molecule has 0 spiro atoms. The minimum absolute atomic E-state index is 0.148. The van der Waals surface area contributed by atoms with Crippen LogP contribution in [0, 0.1) is 0 Å². The zero-order valence-electron chi connectivity index (χ0n) is 9.13. The Morgan fingerprint density at radius 2 is 2.38 bits per heavy atom. The van der Waals surface area contributed by atoms with Crippen LogP contribution in [0.4, 0.5) is 0 Å². The maximum Gasteiger partial charge on any atom is 0.113 e. The largest absolute Gasteiger partial charge is 0.468 e. The van der Waals surface area contributed by atoms with Crippen LogP contribution in [0.5, 0.6) is 0 Å². The quantitative estimate of drug-likeness (QED) is 0.883. The number of thioether (sulfide) groups is 1. The highest BCUT2D eigenvalue weighted by Gasteiger charge is 2.17. The first-order valence-electron chi connectivity index (χ1n) is 5.19. The standard InChI is InChI=1S/C12H15NOS2/c1-9(13)12(10-4-6-15-7-10)16-8-11-3-2-5-14-11/h2-7,9,12H,8,13H2,1H3. The Kier molecular flexibility index (Phi) is 4.09. The molecule has 2 N–H and O–H groups in total. The molecule has 0 amide bonds. The molecule has 0 saturated heterocycles. The second-order valence-electron chi connectivity index (χ2n) is 3.73. The van der Waals surface area contributed by atoms with Gasteiger partial charge in [-0.05, 0) is 41.4 Å². The van der Waals surface area contributed by atoms with E-state index >= 15 is 0 Å². The molecule has 0 bridgehead atoms. The predicted molar refractivity (Wildman–Crippen MR) is 70.7 cm³/mol. The molecular weight excluding hydrogens is 238 g/mol. The van der Waals surface area contributed by atoms with Crippen molar-refractivity contribution in [1.29, 1.82) is 0 Å². The molecule has 2 heterocycles. The summed E-state index contributed by atoms with van der Waals surface area (Å²) < 4.78 is 5.32. The fraction of sp³-hybridized carbons (Fsp3) is 0.333. The highest BCUT2D eigenvalue weighted by Crippen LogP contribution is 2.34. The highest BCUT2D eigenvalue weighted by molar-refractivity contribution is 7.98. The summed E-state index contributed by atoms with van der Waals surface area (Å²) in [6.45, 7) is 2.05. The van der Waals surface area contributed by atoms with Gasteiger partial charge in [0.1, 0.15) is 5.76 Å². The maximum atomic E-state index is 6.02. The number of furan rings is 1. The zero-order chi connectivity index (χ0) is 11.4. The number of hydrogen-bond donors (Lipinski definition) is 1. The van der Waals surface area contributed by atoms with Crippen molar-refractivity contribution in [2.75, 3.05) is 0 Å². The number of nitrogens with two attached hydrogens (primary N) is 1. The van der Waals surface area contributed by atoms with Crippen molar-refractivity contribution in [3.05, 3.63) is 46.5 Å². The maximum absolute atomic E-state index is 6.02.